The molecule has 3 nitrogen and oxygen atoms in total. The number of nitrogens with zero attached hydrogens (tertiary/aromatic N) is 2. The molecule has 4 heteroatoms. The summed E-state index contributed by atoms with van der Waals surface area (Å²) < 4.78 is 13.1. The number of pyridine rings is 2. The minimum Gasteiger partial charge on any atom is -0.310 e. The van der Waals surface area contributed by atoms with Crippen molar-refractivity contribution in [2.75, 3.05) is 0 Å². The van der Waals surface area contributed by atoms with Crippen LogP contribution >= 0.6 is 0 Å². The molecule has 1 N–H and O–H groups in total. The van der Waals surface area contributed by atoms with E-state index in [9.17, 15) is 4.39 Å². The Kier molecular flexibility index (Phi) is 6.85. The average molecular weight is 349 g/mol. The van der Waals surface area contributed by atoms with Gasteiger partial charge < -0.3 is 5.32 Å². The average Bonchev–Trinajstić information content (AvgIpc) is 2.70. The van der Waals surface area contributed by atoms with Gasteiger partial charge in [0.25, 0.3) is 0 Å². The Morgan fingerprint density at radius 3 is 1.69 bits per heavy atom. The first-order chi connectivity index (χ1) is 12.8. The second-order valence-electron chi connectivity index (χ2n) is 6.49. The standard InChI is InChI=1S/C22H24FN3/c23-21-5-1-20(2-6-21)17-26-22(7-3-18-9-13-24-14-10-18)8-4-19-11-15-25-16-12-19/h1-2,5-6,9-16,22,26H,3-4,7-8,17H2. The first kappa shape index (κ1) is 18.2. The number of benzene rings is 1. The van der Waals surface area contributed by atoms with Crippen LogP contribution in [0, 0.1) is 5.82 Å². The molecule has 1 aromatic carbocycles. The predicted octanol–water partition coefficient (Wildman–Crippen LogP) is 4.34. The third-order valence-corrected chi connectivity index (χ3v) is 4.57. The number of rotatable bonds is 9. The SMILES string of the molecule is Fc1ccc(CNC(CCc2ccncc2)CCc2ccncc2)cc1. The Morgan fingerprint density at radius 2 is 1.19 bits per heavy atom. The minimum atomic E-state index is -0.194. The van der Waals surface area contributed by atoms with Crippen LogP contribution in [0.1, 0.15) is 29.5 Å². The van der Waals surface area contributed by atoms with Gasteiger partial charge in [0.15, 0.2) is 0 Å². The summed E-state index contributed by atoms with van der Waals surface area (Å²) in [6, 6.07) is 15.4. The highest BCUT2D eigenvalue weighted by molar-refractivity contribution is 5.16. The number of nitrogens with one attached hydrogen (secondary N) is 1. The Hall–Kier alpha value is -2.59. The Balaban J connectivity index is 1.57. The quantitative estimate of drug-likeness (QED) is 0.624. The molecule has 3 aromatic rings. The first-order valence-electron chi connectivity index (χ1n) is 9.05. The third kappa shape index (κ3) is 6.05. The smallest absolute Gasteiger partial charge is 0.123 e. The van der Waals surface area contributed by atoms with Crippen molar-refractivity contribution in [3.8, 4) is 0 Å². The summed E-state index contributed by atoms with van der Waals surface area (Å²) in [6.07, 6.45) is 11.5. The van der Waals surface area contributed by atoms with Crippen molar-refractivity contribution in [1.29, 1.82) is 0 Å². The van der Waals surface area contributed by atoms with E-state index in [-0.39, 0.29) is 5.82 Å². The second kappa shape index (κ2) is 9.78. The fraction of sp³-hybridized carbons (Fsp3) is 0.273. The topological polar surface area (TPSA) is 37.8 Å². The van der Waals surface area contributed by atoms with Gasteiger partial charge in [-0.1, -0.05) is 12.1 Å². The molecular formula is C22H24FN3. The largest absolute Gasteiger partial charge is 0.310 e. The molecule has 0 fully saturated rings. The minimum absolute atomic E-state index is 0.194. The number of halogens is 1. The van der Waals surface area contributed by atoms with Crippen LogP contribution in [0.5, 0.6) is 0 Å². The van der Waals surface area contributed by atoms with Gasteiger partial charge in [0.05, 0.1) is 0 Å². The molecule has 2 heterocycles. The van der Waals surface area contributed by atoms with Gasteiger partial charge in [0.1, 0.15) is 5.82 Å². The lowest BCUT2D eigenvalue weighted by molar-refractivity contribution is 0.451. The molecule has 0 saturated heterocycles. The summed E-state index contributed by atoms with van der Waals surface area (Å²) in [5.41, 5.74) is 3.71. The summed E-state index contributed by atoms with van der Waals surface area (Å²) >= 11 is 0. The van der Waals surface area contributed by atoms with Crippen molar-refractivity contribution in [2.24, 2.45) is 0 Å². The van der Waals surface area contributed by atoms with Crippen LogP contribution in [0.3, 0.4) is 0 Å². The lowest BCUT2D eigenvalue weighted by Gasteiger charge is -2.19. The van der Waals surface area contributed by atoms with E-state index in [4.69, 9.17) is 0 Å². The summed E-state index contributed by atoms with van der Waals surface area (Å²) in [5, 5.41) is 3.64. The van der Waals surface area contributed by atoms with Crippen molar-refractivity contribution < 1.29 is 4.39 Å². The lowest BCUT2D eigenvalue weighted by atomic mass is 9.99. The fourth-order valence-corrected chi connectivity index (χ4v) is 2.99. The highest BCUT2D eigenvalue weighted by atomic mass is 19.1. The zero-order valence-electron chi connectivity index (χ0n) is 14.8. The summed E-state index contributed by atoms with van der Waals surface area (Å²) in [4.78, 5) is 8.16. The third-order valence-electron chi connectivity index (χ3n) is 4.57. The molecule has 0 aliphatic rings. The van der Waals surface area contributed by atoms with Gasteiger partial charge >= 0.3 is 0 Å². The number of aromatic nitrogens is 2. The van der Waals surface area contributed by atoms with E-state index in [1.54, 1.807) is 0 Å². The maximum atomic E-state index is 13.1. The van der Waals surface area contributed by atoms with E-state index in [0.29, 0.717) is 6.04 Å². The van der Waals surface area contributed by atoms with Crippen molar-refractivity contribution in [3.63, 3.8) is 0 Å². The summed E-state index contributed by atoms with van der Waals surface area (Å²) in [6.45, 7) is 0.748. The van der Waals surface area contributed by atoms with Crippen molar-refractivity contribution in [2.45, 2.75) is 38.3 Å². The molecule has 0 aliphatic heterocycles. The van der Waals surface area contributed by atoms with Gasteiger partial charge in [0, 0.05) is 37.4 Å². The number of aryl methyl sites for hydroxylation is 2. The van der Waals surface area contributed by atoms with Crippen LogP contribution in [0.4, 0.5) is 4.39 Å². The van der Waals surface area contributed by atoms with Gasteiger partial charge in [-0.15, -0.1) is 0 Å². The lowest BCUT2D eigenvalue weighted by Crippen LogP contribution is -2.29. The molecule has 26 heavy (non-hydrogen) atoms. The van der Waals surface area contributed by atoms with E-state index in [1.807, 2.05) is 36.9 Å². The van der Waals surface area contributed by atoms with Crippen LogP contribution in [0.2, 0.25) is 0 Å². The van der Waals surface area contributed by atoms with E-state index >= 15 is 0 Å². The Labute approximate surface area is 154 Å². The van der Waals surface area contributed by atoms with Crippen LogP contribution in [0.25, 0.3) is 0 Å². The molecular weight excluding hydrogens is 325 g/mol. The molecule has 0 unspecified atom stereocenters. The molecule has 0 bridgehead atoms. The van der Waals surface area contributed by atoms with E-state index in [2.05, 4.69) is 39.6 Å². The molecule has 0 saturated carbocycles. The van der Waals surface area contributed by atoms with Crippen LogP contribution in [-0.4, -0.2) is 16.0 Å². The van der Waals surface area contributed by atoms with Gasteiger partial charge in [-0.2, -0.15) is 0 Å². The summed E-state index contributed by atoms with van der Waals surface area (Å²) in [7, 11) is 0. The van der Waals surface area contributed by atoms with Crippen molar-refractivity contribution >= 4 is 0 Å². The second-order valence-corrected chi connectivity index (χ2v) is 6.49. The molecule has 0 radical (unpaired) electrons. The highest BCUT2D eigenvalue weighted by Gasteiger charge is 2.09. The molecule has 2 aromatic heterocycles. The maximum Gasteiger partial charge on any atom is 0.123 e. The van der Waals surface area contributed by atoms with Crippen LogP contribution in [-0.2, 0) is 19.4 Å². The number of hydrogen-bond acceptors (Lipinski definition) is 3. The highest BCUT2D eigenvalue weighted by Crippen LogP contribution is 2.12. The molecule has 0 atom stereocenters. The molecule has 0 spiro atoms. The monoisotopic (exact) mass is 349 g/mol. The first-order valence-corrected chi connectivity index (χ1v) is 9.05. The maximum absolute atomic E-state index is 13.1. The Morgan fingerprint density at radius 1 is 0.692 bits per heavy atom. The van der Waals surface area contributed by atoms with Gasteiger partial charge in [0.2, 0.25) is 0 Å². The van der Waals surface area contributed by atoms with Gasteiger partial charge in [-0.3, -0.25) is 9.97 Å². The fourth-order valence-electron chi connectivity index (χ4n) is 2.99. The van der Waals surface area contributed by atoms with E-state index in [0.717, 1.165) is 37.8 Å². The van der Waals surface area contributed by atoms with Gasteiger partial charge in [-0.25, -0.2) is 4.39 Å². The normalized spacial score (nSPS) is 11.0. The van der Waals surface area contributed by atoms with E-state index < -0.39 is 0 Å². The van der Waals surface area contributed by atoms with Crippen molar-refractivity contribution in [1.82, 2.24) is 15.3 Å². The molecule has 3 rings (SSSR count). The van der Waals surface area contributed by atoms with Crippen LogP contribution < -0.4 is 5.32 Å². The number of hydrogen-bond donors (Lipinski definition) is 1. The Bertz CT molecular complexity index is 717. The predicted molar refractivity (Wildman–Crippen MR) is 102 cm³/mol. The van der Waals surface area contributed by atoms with Crippen LogP contribution in [0.15, 0.2) is 73.3 Å². The van der Waals surface area contributed by atoms with E-state index in [1.165, 1.54) is 23.3 Å². The zero-order chi connectivity index (χ0) is 18.0. The van der Waals surface area contributed by atoms with Gasteiger partial charge in [-0.05, 0) is 78.8 Å². The summed E-state index contributed by atoms with van der Waals surface area (Å²) in [5.74, 6) is -0.194. The molecule has 0 aliphatic carbocycles. The van der Waals surface area contributed by atoms with Crippen molar-refractivity contribution in [3.05, 3.63) is 95.8 Å². The zero-order valence-corrected chi connectivity index (χ0v) is 14.8. The molecule has 134 valence electrons. The molecule has 0 amide bonds.